The highest BCUT2D eigenvalue weighted by Gasteiger charge is 2.57. The molecule has 19 heavy (non-hydrogen) atoms. The fourth-order valence-electron chi connectivity index (χ4n) is 2.97. The highest BCUT2D eigenvalue weighted by atomic mass is 16.5. The van der Waals surface area contributed by atoms with E-state index in [9.17, 15) is 14.7 Å². The van der Waals surface area contributed by atoms with Crippen LogP contribution in [0.15, 0.2) is 0 Å². The van der Waals surface area contributed by atoms with Crippen LogP contribution in [-0.2, 0) is 19.1 Å². The predicted octanol–water partition coefficient (Wildman–Crippen LogP) is -0.0653. The Hall–Kier alpha value is -1.14. The number of carbonyl (C=O) groups is 2. The van der Waals surface area contributed by atoms with E-state index in [1.54, 1.807) is 4.90 Å². The first-order valence-electron chi connectivity index (χ1n) is 6.50. The quantitative estimate of drug-likeness (QED) is 0.712. The van der Waals surface area contributed by atoms with Gasteiger partial charge in [-0.05, 0) is 27.2 Å². The van der Waals surface area contributed by atoms with Gasteiger partial charge in [0.25, 0.3) is 5.91 Å². The highest BCUT2D eigenvalue weighted by Crippen LogP contribution is 2.37. The summed E-state index contributed by atoms with van der Waals surface area (Å²) in [4.78, 5) is 25.3. The maximum atomic E-state index is 11.9. The topological polar surface area (TPSA) is 76.1 Å². The van der Waals surface area contributed by atoms with Crippen LogP contribution in [0.4, 0.5) is 0 Å². The van der Waals surface area contributed by atoms with Crippen molar-refractivity contribution in [3.63, 3.8) is 0 Å². The molecule has 2 rings (SSSR count). The normalized spacial score (nSPS) is 34.6. The number of ether oxygens (including phenoxy) is 2. The number of amides is 1. The second kappa shape index (κ2) is 4.76. The van der Waals surface area contributed by atoms with Crippen molar-refractivity contribution in [1.29, 1.82) is 0 Å². The van der Waals surface area contributed by atoms with Gasteiger partial charge in [-0.1, -0.05) is 0 Å². The Labute approximate surface area is 112 Å². The summed E-state index contributed by atoms with van der Waals surface area (Å²) in [5.74, 6) is -1.81. The summed E-state index contributed by atoms with van der Waals surface area (Å²) >= 11 is 0. The van der Waals surface area contributed by atoms with Crippen LogP contribution in [0, 0.1) is 5.92 Å². The Bertz CT molecular complexity index is 389. The molecule has 0 aliphatic carbocycles. The predicted molar refractivity (Wildman–Crippen MR) is 66.3 cm³/mol. The van der Waals surface area contributed by atoms with Crippen LogP contribution in [0.25, 0.3) is 0 Å². The SMILES string of the molecule is COC(=O)[C@@H]1[C@H]2[C@@H](OC(C)(C)C)CCN2C(=O)[C@H]1O. The standard InChI is InChI=1S/C13H21NO5/c1-13(2,3)19-7-5-6-14-9(7)8(12(17)18-4)10(15)11(14)16/h7-10,15H,5-6H2,1-4H3/t7-,8+,9+,10-/m0/s1. The molecule has 2 heterocycles. The van der Waals surface area contributed by atoms with Crippen LogP contribution in [-0.4, -0.2) is 59.4 Å². The van der Waals surface area contributed by atoms with E-state index in [0.29, 0.717) is 13.0 Å². The molecule has 0 aromatic carbocycles. The van der Waals surface area contributed by atoms with Crippen molar-refractivity contribution in [2.75, 3.05) is 13.7 Å². The van der Waals surface area contributed by atoms with Crippen LogP contribution in [0.3, 0.4) is 0 Å². The number of aliphatic hydroxyl groups excluding tert-OH is 1. The number of hydrogen-bond donors (Lipinski definition) is 1. The average Bonchev–Trinajstić information content (AvgIpc) is 2.79. The zero-order valence-electron chi connectivity index (χ0n) is 11.8. The van der Waals surface area contributed by atoms with Crippen LogP contribution in [0.1, 0.15) is 27.2 Å². The van der Waals surface area contributed by atoms with Gasteiger partial charge >= 0.3 is 5.97 Å². The molecule has 0 bridgehead atoms. The fraction of sp³-hybridized carbons (Fsp3) is 0.846. The lowest BCUT2D eigenvalue weighted by molar-refractivity contribution is -0.153. The molecule has 0 spiro atoms. The number of aliphatic hydroxyl groups is 1. The average molecular weight is 271 g/mol. The largest absolute Gasteiger partial charge is 0.469 e. The summed E-state index contributed by atoms with van der Waals surface area (Å²) in [7, 11) is 1.26. The minimum absolute atomic E-state index is 0.245. The summed E-state index contributed by atoms with van der Waals surface area (Å²) in [5, 5.41) is 9.93. The lowest BCUT2D eigenvalue weighted by Crippen LogP contribution is -2.43. The molecular formula is C13H21NO5. The maximum absolute atomic E-state index is 11.9. The molecule has 6 nitrogen and oxygen atoms in total. The third kappa shape index (κ3) is 2.47. The maximum Gasteiger partial charge on any atom is 0.314 e. The zero-order chi connectivity index (χ0) is 14.4. The zero-order valence-corrected chi connectivity index (χ0v) is 11.8. The van der Waals surface area contributed by atoms with Crippen molar-refractivity contribution in [2.24, 2.45) is 5.92 Å². The molecule has 2 aliphatic heterocycles. The first kappa shape index (κ1) is 14.3. The number of methoxy groups -OCH3 is 1. The van der Waals surface area contributed by atoms with E-state index < -0.39 is 29.9 Å². The van der Waals surface area contributed by atoms with Crippen molar-refractivity contribution < 1.29 is 24.2 Å². The smallest absolute Gasteiger partial charge is 0.314 e. The molecule has 0 aromatic heterocycles. The minimum Gasteiger partial charge on any atom is -0.469 e. The summed E-state index contributed by atoms with van der Waals surface area (Å²) in [6.07, 6.45) is -0.887. The summed E-state index contributed by atoms with van der Waals surface area (Å²) in [6, 6.07) is -0.422. The third-order valence-corrected chi connectivity index (χ3v) is 3.62. The van der Waals surface area contributed by atoms with Crippen molar-refractivity contribution in [3.8, 4) is 0 Å². The van der Waals surface area contributed by atoms with Gasteiger partial charge in [-0.25, -0.2) is 0 Å². The highest BCUT2D eigenvalue weighted by molar-refractivity contribution is 5.92. The van der Waals surface area contributed by atoms with Crippen LogP contribution >= 0.6 is 0 Å². The van der Waals surface area contributed by atoms with Crippen molar-refractivity contribution in [1.82, 2.24) is 4.90 Å². The molecule has 1 N–H and O–H groups in total. The van der Waals surface area contributed by atoms with Crippen LogP contribution in [0.5, 0.6) is 0 Å². The molecule has 0 saturated carbocycles. The first-order chi connectivity index (χ1) is 8.76. The molecule has 0 radical (unpaired) electrons. The Morgan fingerprint density at radius 3 is 2.58 bits per heavy atom. The Balaban J connectivity index is 2.24. The van der Waals surface area contributed by atoms with E-state index in [2.05, 4.69) is 0 Å². The number of hydrogen-bond acceptors (Lipinski definition) is 5. The molecule has 6 heteroatoms. The summed E-state index contributed by atoms with van der Waals surface area (Å²) < 4.78 is 10.6. The van der Waals surface area contributed by atoms with Gasteiger partial charge in [-0.15, -0.1) is 0 Å². The van der Waals surface area contributed by atoms with Crippen molar-refractivity contribution in [2.45, 2.75) is 51.0 Å². The van der Waals surface area contributed by atoms with Gasteiger partial charge in [0.2, 0.25) is 0 Å². The van der Waals surface area contributed by atoms with Gasteiger partial charge in [0.05, 0.1) is 24.9 Å². The molecule has 2 aliphatic rings. The molecule has 0 unspecified atom stereocenters. The second-order valence-corrected chi connectivity index (χ2v) is 6.07. The van der Waals surface area contributed by atoms with Gasteiger partial charge in [0.15, 0.2) is 0 Å². The minimum atomic E-state index is -1.32. The molecule has 1 amide bonds. The van der Waals surface area contributed by atoms with Gasteiger partial charge in [-0.3, -0.25) is 9.59 Å². The van der Waals surface area contributed by atoms with Gasteiger partial charge in [0.1, 0.15) is 12.0 Å². The van der Waals surface area contributed by atoms with Gasteiger partial charge in [0, 0.05) is 6.54 Å². The number of fused-ring (bicyclic) bond motifs is 1. The van der Waals surface area contributed by atoms with E-state index in [-0.39, 0.29) is 11.7 Å². The van der Waals surface area contributed by atoms with E-state index >= 15 is 0 Å². The fourth-order valence-corrected chi connectivity index (χ4v) is 2.97. The van der Waals surface area contributed by atoms with Crippen LogP contribution < -0.4 is 0 Å². The molecule has 108 valence electrons. The number of nitrogens with zero attached hydrogens (tertiary/aromatic N) is 1. The monoisotopic (exact) mass is 271 g/mol. The first-order valence-corrected chi connectivity index (χ1v) is 6.50. The number of esters is 1. The summed E-state index contributed by atoms with van der Waals surface area (Å²) in [6.45, 7) is 6.29. The van der Waals surface area contributed by atoms with Gasteiger partial charge < -0.3 is 19.5 Å². The van der Waals surface area contributed by atoms with Crippen LogP contribution in [0.2, 0.25) is 0 Å². The lowest BCUT2D eigenvalue weighted by Gasteiger charge is -2.30. The van der Waals surface area contributed by atoms with E-state index in [0.717, 1.165) is 0 Å². The second-order valence-electron chi connectivity index (χ2n) is 6.07. The molecule has 0 aromatic rings. The lowest BCUT2D eigenvalue weighted by atomic mass is 9.93. The number of rotatable bonds is 2. The Kier molecular flexibility index (Phi) is 3.57. The molecule has 2 saturated heterocycles. The Morgan fingerprint density at radius 2 is 2.05 bits per heavy atom. The third-order valence-electron chi connectivity index (χ3n) is 3.62. The summed E-state index contributed by atoms with van der Waals surface area (Å²) in [5.41, 5.74) is -0.363. The van der Waals surface area contributed by atoms with Gasteiger partial charge in [-0.2, -0.15) is 0 Å². The molecular weight excluding hydrogens is 250 g/mol. The van der Waals surface area contributed by atoms with E-state index in [1.807, 2.05) is 20.8 Å². The number of carbonyl (C=O) groups excluding carboxylic acids is 2. The van der Waals surface area contributed by atoms with E-state index in [1.165, 1.54) is 7.11 Å². The van der Waals surface area contributed by atoms with Crippen molar-refractivity contribution in [3.05, 3.63) is 0 Å². The molecule has 4 atom stereocenters. The molecule has 2 fully saturated rings. The van der Waals surface area contributed by atoms with Crippen molar-refractivity contribution >= 4 is 11.9 Å². The van der Waals surface area contributed by atoms with E-state index in [4.69, 9.17) is 9.47 Å². The Morgan fingerprint density at radius 1 is 1.42 bits per heavy atom.